The lowest BCUT2D eigenvalue weighted by Crippen LogP contribution is -2.22. The van der Waals surface area contributed by atoms with E-state index >= 15 is 0 Å². The van der Waals surface area contributed by atoms with Gasteiger partial charge in [-0.3, -0.25) is 9.97 Å². The molecule has 1 atom stereocenters. The van der Waals surface area contributed by atoms with E-state index in [0.29, 0.717) is 0 Å². The van der Waals surface area contributed by atoms with Gasteiger partial charge in [0.25, 0.3) is 0 Å². The Hall–Kier alpha value is -2.27. The van der Waals surface area contributed by atoms with Gasteiger partial charge in [0, 0.05) is 36.9 Å². The van der Waals surface area contributed by atoms with Crippen LogP contribution in [0, 0.1) is 0 Å². The molecule has 0 fully saturated rings. The Morgan fingerprint density at radius 2 is 2.00 bits per heavy atom. The highest BCUT2D eigenvalue weighted by Crippen LogP contribution is 2.26. The van der Waals surface area contributed by atoms with Gasteiger partial charge in [0.2, 0.25) is 0 Å². The molecule has 2 heterocycles. The van der Waals surface area contributed by atoms with Crippen molar-refractivity contribution in [3.05, 3.63) is 54.4 Å². The van der Waals surface area contributed by atoms with Crippen molar-refractivity contribution < 1.29 is 0 Å². The molecule has 0 amide bonds. The van der Waals surface area contributed by atoms with E-state index in [4.69, 9.17) is 0 Å². The molecule has 2 aromatic heterocycles. The molecule has 0 aliphatic heterocycles. The number of benzene rings is 1. The van der Waals surface area contributed by atoms with E-state index in [9.17, 15) is 0 Å². The fourth-order valence-electron chi connectivity index (χ4n) is 2.68. The van der Waals surface area contributed by atoms with Crippen molar-refractivity contribution in [2.45, 2.75) is 25.9 Å². The maximum absolute atomic E-state index is 4.54. The van der Waals surface area contributed by atoms with E-state index in [1.165, 1.54) is 0 Å². The Labute approximate surface area is 124 Å². The largest absolute Gasteiger partial charge is 0.333 e. The number of aryl methyl sites for hydroxylation is 1. The van der Waals surface area contributed by atoms with Gasteiger partial charge in [-0.05, 0) is 19.5 Å². The molecular formula is C16H19N5. The zero-order chi connectivity index (χ0) is 14.7. The van der Waals surface area contributed by atoms with Crippen LogP contribution in [-0.2, 0) is 6.54 Å². The Balaban J connectivity index is 2.12. The summed E-state index contributed by atoms with van der Waals surface area (Å²) in [5.74, 6) is 1.01. The van der Waals surface area contributed by atoms with Crippen LogP contribution < -0.4 is 5.32 Å². The van der Waals surface area contributed by atoms with Crippen LogP contribution in [0.25, 0.3) is 11.0 Å². The molecule has 1 aromatic carbocycles. The molecule has 3 aromatic rings. The predicted molar refractivity (Wildman–Crippen MR) is 83.0 cm³/mol. The molecule has 5 heteroatoms. The van der Waals surface area contributed by atoms with E-state index in [-0.39, 0.29) is 6.04 Å². The van der Waals surface area contributed by atoms with Crippen molar-refractivity contribution in [2.75, 3.05) is 7.05 Å². The van der Waals surface area contributed by atoms with Gasteiger partial charge < -0.3 is 9.88 Å². The summed E-state index contributed by atoms with van der Waals surface area (Å²) < 4.78 is 2.19. The molecule has 0 bridgehead atoms. The Morgan fingerprint density at radius 1 is 1.14 bits per heavy atom. The number of imidazole rings is 1. The van der Waals surface area contributed by atoms with E-state index in [0.717, 1.165) is 35.4 Å². The number of rotatable bonds is 5. The van der Waals surface area contributed by atoms with Gasteiger partial charge >= 0.3 is 0 Å². The van der Waals surface area contributed by atoms with Gasteiger partial charge in [-0.2, -0.15) is 0 Å². The van der Waals surface area contributed by atoms with Crippen LogP contribution in [0.3, 0.4) is 0 Å². The quantitative estimate of drug-likeness (QED) is 0.781. The first-order valence-electron chi connectivity index (χ1n) is 7.23. The first-order valence-corrected chi connectivity index (χ1v) is 7.23. The minimum Gasteiger partial charge on any atom is -0.333 e. The summed E-state index contributed by atoms with van der Waals surface area (Å²) in [5.41, 5.74) is 2.93. The summed E-state index contributed by atoms with van der Waals surface area (Å²) in [6.45, 7) is 3.13. The average Bonchev–Trinajstić information content (AvgIpc) is 2.97. The fourth-order valence-corrected chi connectivity index (χ4v) is 2.68. The zero-order valence-corrected chi connectivity index (χ0v) is 12.3. The van der Waals surface area contributed by atoms with Crippen LogP contribution in [0.15, 0.2) is 43.0 Å². The van der Waals surface area contributed by atoms with E-state index < -0.39 is 0 Å². The first-order chi connectivity index (χ1) is 10.3. The minimum atomic E-state index is 0.00644. The summed E-state index contributed by atoms with van der Waals surface area (Å²) in [6, 6.07) is 6.09. The third-order valence-electron chi connectivity index (χ3n) is 3.60. The molecule has 0 radical (unpaired) electrons. The van der Waals surface area contributed by atoms with Crippen LogP contribution in [0.5, 0.6) is 0 Å². The summed E-state index contributed by atoms with van der Waals surface area (Å²) in [6.07, 6.45) is 8.41. The highest BCUT2D eigenvalue weighted by molar-refractivity contribution is 5.78. The van der Waals surface area contributed by atoms with E-state index in [1.807, 2.05) is 31.6 Å². The summed E-state index contributed by atoms with van der Waals surface area (Å²) >= 11 is 0. The van der Waals surface area contributed by atoms with E-state index in [2.05, 4.69) is 37.8 Å². The molecule has 0 aliphatic rings. The summed E-state index contributed by atoms with van der Waals surface area (Å²) in [4.78, 5) is 13.4. The van der Waals surface area contributed by atoms with Gasteiger partial charge in [0.1, 0.15) is 5.82 Å². The lowest BCUT2D eigenvalue weighted by Gasteiger charge is -2.19. The van der Waals surface area contributed by atoms with Gasteiger partial charge in [0.05, 0.1) is 17.1 Å². The second-order valence-corrected chi connectivity index (χ2v) is 4.97. The molecular weight excluding hydrogens is 262 g/mol. The molecule has 3 rings (SSSR count). The number of hydrogen-bond donors (Lipinski definition) is 1. The van der Waals surface area contributed by atoms with Crippen LogP contribution in [0.1, 0.15) is 30.8 Å². The third-order valence-corrected chi connectivity index (χ3v) is 3.60. The highest BCUT2D eigenvalue weighted by atomic mass is 15.1. The van der Waals surface area contributed by atoms with E-state index in [1.54, 1.807) is 12.4 Å². The van der Waals surface area contributed by atoms with Crippen LogP contribution in [0.4, 0.5) is 0 Å². The van der Waals surface area contributed by atoms with Crippen LogP contribution in [-0.4, -0.2) is 26.6 Å². The Bertz CT molecular complexity index is 729. The van der Waals surface area contributed by atoms with Crippen molar-refractivity contribution in [1.82, 2.24) is 24.8 Å². The normalized spacial score (nSPS) is 12.7. The fraction of sp³-hybridized carbons (Fsp3) is 0.312. The lowest BCUT2D eigenvalue weighted by atomic mass is 10.0. The first kappa shape index (κ1) is 13.7. The predicted octanol–water partition coefficient (Wildman–Crippen LogP) is 2.55. The monoisotopic (exact) mass is 281 g/mol. The number of aromatic nitrogens is 4. The van der Waals surface area contributed by atoms with Crippen LogP contribution >= 0.6 is 0 Å². The smallest absolute Gasteiger partial charge is 0.130 e. The van der Waals surface area contributed by atoms with Crippen LogP contribution in [0.2, 0.25) is 0 Å². The highest BCUT2D eigenvalue weighted by Gasteiger charge is 2.20. The number of hydrogen-bond acceptors (Lipinski definition) is 4. The molecule has 1 unspecified atom stereocenters. The molecule has 0 saturated carbocycles. The van der Waals surface area contributed by atoms with Crippen molar-refractivity contribution in [2.24, 2.45) is 0 Å². The molecule has 0 saturated heterocycles. The third kappa shape index (κ3) is 2.52. The van der Waals surface area contributed by atoms with Gasteiger partial charge in [0.15, 0.2) is 0 Å². The average molecular weight is 281 g/mol. The second-order valence-electron chi connectivity index (χ2n) is 4.97. The lowest BCUT2D eigenvalue weighted by molar-refractivity contribution is 0.569. The maximum Gasteiger partial charge on any atom is 0.130 e. The number of nitrogens with one attached hydrogen (secondary N) is 1. The topological polar surface area (TPSA) is 55.6 Å². The molecule has 21 heavy (non-hydrogen) atoms. The minimum absolute atomic E-state index is 0.00644. The van der Waals surface area contributed by atoms with Gasteiger partial charge in [-0.1, -0.05) is 19.1 Å². The zero-order valence-electron chi connectivity index (χ0n) is 12.3. The Kier molecular flexibility index (Phi) is 3.92. The summed E-state index contributed by atoms with van der Waals surface area (Å²) in [7, 11) is 1.95. The van der Waals surface area contributed by atoms with Crippen molar-refractivity contribution >= 4 is 11.0 Å². The standard InChI is InChI=1S/C16H19N5/c1-3-10-21-11-9-20-16(21)15(17-2)12-5-4-6-13-14(12)19-8-7-18-13/h4-9,11,15,17H,3,10H2,1-2H3. The molecule has 108 valence electrons. The second kappa shape index (κ2) is 6.01. The Morgan fingerprint density at radius 3 is 2.81 bits per heavy atom. The summed E-state index contributed by atoms with van der Waals surface area (Å²) in [5, 5.41) is 3.36. The SMILES string of the molecule is CCCn1ccnc1C(NC)c1cccc2nccnc12. The molecule has 1 N–H and O–H groups in total. The van der Waals surface area contributed by atoms with Crippen molar-refractivity contribution in [1.29, 1.82) is 0 Å². The number of para-hydroxylation sites is 1. The van der Waals surface area contributed by atoms with Gasteiger partial charge in [-0.15, -0.1) is 0 Å². The number of nitrogens with zero attached hydrogens (tertiary/aromatic N) is 4. The molecule has 5 nitrogen and oxygen atoms in total. The van der Waals surface area contributed by atoms with Crippen molar-refractivity contribution in [3.63, 3.8) is 0 Å². The molecule has 0 spiro atoms. The number of fused-ring (bicyclic) bond motifs is 1. The molecule has 0 aliphatic carbocycles. The van der Waals surface area contributed by atoms with Gasteiger partial charge in [-0.25, -0.2) is 4.98 Å². The maximum atomic E-state index is 4.54. The van der Waals surface area contributed by atoms with Crippen molar-refractivity contribution in [3.8, 4) is 0 Å².